The molecule has 0 aliphatic heterocycles. The van der Waals surface area contributed by atoms with Gasteiger partial charge in [-0.15, -0.1) is 0 Å². The van der Waals surface area contributed by atoms with Crippen LogP contribution in [0.1, 0.15) is 16.8 Å². The first-order valence-electron chi connectivity index (χ1n) is 7.33. The summed E-state index contributed by atoms with van der Waals surface area (Å²) in [5.74, 6) is 0. The quantitative estimate of drug-likeness (QED) is 0.674. The lowest BCUT2D eigenvalue weighted by molar-refractivity contribution is 0.626. The minimum absolute atomic E-state index is 0.435. The van der Waals surface area contributed by atoms with Crippen LogP contribution in [0, 0.1) is 11.3 Å². The Balaban J connectivity index is 2.22. The van der Waals surface area contributed by atoms with Crippen molar-refractivity contribution in [2.24, 2.45) is 0 Å². The van der Waals surface area contributed by atoms with Gasteiger partial charge in [0, 0.05) is 28.9 Å². The number of aromatic nitrogens is 2. The molecule has 0 fully saturated rings. The number of hydrogen-bond acceptors (Lipinski definition) is 3. The van der Waals surface area contributed by atoms with Crippen molar-refractivity contribution in [2.75, 3.05) is 0 Å². The smallest absolute Gasteiger partial charge is 0.131 e. The highest BCUT2D eigenvalue weighted by Gasteiger charge is 2.38. The molecule has 3 rings (SSSR count). The number of halogens is 2. The Morgan fingerprint density at radius 2 is 1.83 bits per heavy atom. The van der Waals surface area contributed by atoms with Crippen molar-refractivity contribution in [1.82, 2.24) is 9.97 Å². The van der Waals surface area contributed by atoms with Crippen molar-refractivity contribution in [1.29, 1.82) is 5.26 Å². The molecule has 118 valence electrons. The van der Waals surface area contributed by atoms with E-state index in [-0.39, 0.29) is 0 Å². The Bertz CT molecular complexity index is 876. The fourth-order valence-corrected chi connectivity index (χ4v) is 3.31. The van der Waals surface area contributed by atoms with Gasteiger partial charge < -0.3 is 0 Å². The molecule has 0 aliphatic carbocycles. The molecule has 24 heavy (non-hydrogen) atoms. The highest BCUT2D eigenvalue weighted by Crippen LogP contribution is 2.38. The number of benzene rings is 2. The van der Waals surface area contributed by atoms with E-state index >= 15 is 0 Å². The molecule has 2 aromatic carbocycles. The number of rotatable bonds is 4. The minimum atomic E-state index is -1.04. The van der Waals surface area contributed by atoms with Gasteiger partial charge in [0.2, 0.25) is 0 Å². The molecular weight excluding hydrogens is 341 g/mol. The molecule has 0 radical (unpaired) electrons. The van der Waals surface area contributed by atoms with Gasteiger partial charge in [-0.1, -0.05) is 59.6 Å². The lowest BCUT2D eigenvalue weighted by Gasteiger charge is -2.27. The SMILES string of the molecule is N#CC(Cc1ccccc1)(c1cnccn1)c1ccc(Cl)cc1Cl. The summed E-state index contributed by atoms with van der Waals surface area (Å²) in [7, 11) is 0. The lowest BCUT2D eigenvalue weighted by atomic mass is 9.74. The first-order valence-corrected chi connectivity index (χ1v) is 8.08. The second-order valence-electron chi connectivity index (χ2n) is 5.39. The zero-order valence-electron chi connectivity index (χ0n) is 12.7. The predicted octanol–water partition coefficient (Wildman–Crippen LogP) is 4.84. The zero-order chi connectivity index (χ0) is 17.0. The third-order valence-corrected chi connectivity index (χ3v) is 4.44. The molecular formula is C19H13Cl2N3. The fourth-order valence-electron chi connectivity index (χ4n) is 2.74. The standard InChI is InChI=1S/C19H13Cl2N3/c20-15-6-7-16(17(21)10-15)19(13-22,18-12-23-8-9-24-18)11-14-4-2-1-3-5-14/h1-10,12H,11H2. The predicted molar refractivity (Wildman–Crippen MR) is 95.0 cm³/mol. The molecule has 0 N–H and O–H groups in total. The summed E-state index contributed by atoms with van der Waals surface area (Å²) in [4.78, 5) is 8.51. The molecule has 1 aromatic heterocycles. The first kappa shape index (κ1) is 16.4. The molecule has 3 aromatic rings. The molecule has 0 aliphatic rings. The Labute approximate surface area is 150 Å². The molecule has 1 atom stereocenters. The summed E-state index contributed by atoms with van der Waals surface area (Å²) >= 11 is 12.4. The maximum Gasteiger partial charge on any atom is 0.131 e. The third-order valence-electron chi connectivity index (χ3n) is 3.89. The average molecular weight is 354 g/mol. The van der Waals surface area contributed by atoms with Crippen LogP contribution >= 0.6 is 23.2 Å². The molecule has 0 amide bonds. The van der Waals surface area contributed by atoms with Crippen LogP contribution in [0.2, 0.25) is 10.0 Å². The Hall–Kier alpha value is -2.41. The monoisotopic (exact) mass is 353 g/mol. The normalized spacial score (nSPS) is 13.0. The molecule has 1 unspecified atom stereocenters. The van der Waals surface area contributed by atoms with Gasteiger partial charge in [-0.3, -0.25) is 9.97 Å². The van der Waals surface area contributed by atoms with Crippen LogP contribution in [0.4, 0.5) is 0 Å². The van der Waals surface area contributed by atoms with Gasteiger partial charge in [0.15, 0.2) is 0 Å². The van der Waals surface area contributed by atoms with Crippen LogP contribution in [0.25, 0.3) is 0 Å². The van der Waals surface area contributed by atoms with Crippen LogP contribution in [0.15, 0.2) is 67.1 Å². The van der Waals surface area contributed by atoms with Crippen LogP contribution < -0.4 is 0 Å². The summed E-state index contributed by atoms with van der Waals surface area (Å²) < 4.78 is 0. The molecule has 5 heteroatoms. The van der Waals surface area contributed by atoms with E-state index < -0.39 is 5.41 Å². The highest BCUT2D eigenvalue weighted by atomic mass is 35.5. The number of nitriles is 1. The average Bonchev–Trinajstić information content (AvgIpc) is 2.62. The molecule has 0 spiro atoms. The van der Waals surface area contributed by atoms with Crippen molar-refractivity contribution >= 4 is 23.2 Å². The Morgan fingerprint density at radius 1 is 1.04 bits per heavy atom. The van der Waals surface area contributed by atoms with Crippen molar-refractivity contribution in [3.63, 3.8) is 0 Å². The molecule has 1 heterocycles. The Kier molecular flexibility index (Phi) is 4.80. The second-order valence-corrected chi connectivity index (χ2v) is 6.24. The van der Waals surface area contributed by atoms with E-state index in [4.69, 9.17) is 23.2 Å². The van der Waals surface area contributed by atoms with Gasteiger partial charge in [-0.05, 0) is 23.3 Å². The molecule has 0 saturated heterocycles. The summed E-state index contributed by atoms with van der Waals surface area (Å²) in [6.45, 7) is 0. The van der Waals surface area contributed by atoms with E-state index in [9.17, 15) is 5.26 Å². The van der Waals surface area contributed by atoms with Crippen LogP contribution in [-0.4, -0.2) is 9.97 Å². The topological polar surface area (TPSA) is 49.6 Å². The van der Waals surface area contributed by atoms with Gasteiger partial charge in [0.25, 0.3) is 0 Å². The van der Waals surface area contributed by atoms with Gasteiger partial charge in [0.05, 0.1) is 18.0 Å². The van der Waals surface area contributed by atoms with E-state index in [2.05, 4.69) is 16.0 Å². The van der Waals surface area contributed by atoms with Gasteiger partial charge in [-0.25, -0.2) is 0 Å². The van der Waals surface area contributed by atoms with Crippen molar-refractivity contribution < 1.29 is 0 Å². The van der Waals surface area contributed by atoms with Gasteiger partial charge >= 0.3 is 0 Å². The van der Waals surface area contributed by atoms with E-state index in [1.165, 1.54) is 0 Å². The van der Waals surface area contributed by atoms with E-state index in [0.29, 0.717) is 27.7 Å². The summed E-state index contributed by atoms with van der Waals surface area (Å²) in [5.41, 5.74) is 1.19. The van der Waals surface area contributed by atoms with Crippen LogP contribution in [-0.2, 0) is 11.8 Å². The zero-order valence-corrected chi connectivity index (χ0v) is 14.2. The fraction of sp³-hybridized carbons (Fsp3) is 0.105. The summed E-state index contributed by atoms with van der Waals surface area (Å²) in [6, 6.07) is 17.4. The number of nitrogens with zero attached hydrogens (tertiary/aromatic N) is 3. The maximum absolute atomic E-state index is 10.1. The molecule has 3 nitrogen and oxygen atoms in total. The second kappa shape index (κ2) is 7.00. The summed E-state index contributed by atoms with van der Waals surface area (Å²) in [6.07, 6.45) is 5.20. The van der Waals surface area contributed by atoms with Crippen molar-refractivity contribution in [3.8, 4) is 6.07 Å². The van der Waals surface area contributed by atoms with Gasteiger partial charge in [0.1, 0.15) is 5.41 Å². The molecule has 0 saturated carbocycles. The minimum Gasteiger partial charge on any atom is -0.261 e. The first-order chi connectivity index (χ1) is 11.7. The van der Waals surface area contributed by atoms with Crippen LogP contribution in [0.5, 0.6) is 0 Å². The van der Waals surface area contributed by atoms with Crippen molar-refractivity contribution in [3.05, 3.63) is 94.0 Å². The van der Waals surface area contributed by atoms with E-state index in [0.717, 1.165) is 5.56 Å². The summed E-state index contributed by atoms with van der Waals surface area (Å²) in [5, 5.41) is 11.1. The van der Waals surface area contributed by atoms with Crippen molar-refractivity contribution in [2.45, 2.75) is 11.8 Å². The highest BCUT2D eigenvalue weighted by molar-refractivity contribution is 6.35. The number of hydrogen-bond donors (Lipinski definition) is 0. The maximum atomic E-state index is 10.1. The largest absolute Gasteiger partial charge is 0.261 e. The Morgan fingerprint density at radius 3 is 2.46 bits per heavy atom. The molecule has 0 bridgehead atoms. The third kappa shape index (κ3) is 3.12. The lowest BCUT2D eigenvalue weighted by Crippen LogP contribution is -2.30. The van der Waals surface area contributed by atoms with Crippen LogP contribution in [0.3, 0.4) is 0 Å². The van der Waals surface area contributed by atoms with E-state index in [1.54, 1.807) is 36.8 Å². The van der Waals surface area contributed by atoms with Gasteiger partial charge in [-0.2, -0.15) is 5.26 Å². The van der Waals surface area contributed by atoms with E-state index in [1.807, 2.05) is 30.3 Å².